The number of halogens is 1. The molecule has 9 nitrogen and oxygen atoms in total. The van der Waals surface area contributed by atoms with Crippen molar-refractivity contribution in [3.63, 3.8) is 0 Å². The molecule has 158 valence electrons. The average Bonchev–Trinajstić information content (AvgIpc) is 3.22. The van der Waals surface area contributed by atoms with Gasteiger partial charge >= 0.3 is 0 Å². The molecule has 1 aromatic heterocycles. The minimum Gasteiger partial charge on any atom is -0.468 e. The van der Waals surface area contributed by atoms with Crippen molar-refractivity contribution in [1.82, 2.24) is 4.72 Å². The van der Waals surface area contributed by atoms with Crippen molar-refractivity contribution >= 4 is 37.1 Å². The third-order valence-corrected chi connectivity index (χ3v) is 7.96. The second-order valence-corrected chi connectivity index (χ2v) is 10.4. The van der Waals surface area contributed by atoms with E-state index >= 15 is 0 Å². The molecule has 0 aliphatic rings. The first-order chi connectivity index (χ1) is 14.1. The van der Waals surface area contributed by atoms with Crippen LogP contribution in [-0.2, 0) is 19.9 Å². The molecular weight excluding hydrogens is 456 g/mol. The van der Waals surface area contributed by atoms with Crippen molar-refractivity contribution in [2.75, 3.05) is 6.54 Å². The zero-order valence-corrected chi connectivity index (χ0v) is 17.5. The van der Waals surface area contributed by atoms with Gasteiger partial charge in [-0.15, -0.1) is 0 Å². The van der Waals surface area contributed by atoms with Gasteiger partial charge in [0.25, 0.3) is 5.69 Å². The molecule has 2 aromatic carbocycles. The monoisotopic (exact) mass is 470 g/mol. The Bertz CT molecular complexity index is 1240. The molecule has 0 aliphatic heterocycles. The largest absolute Gasteiger partial charge is 0.468 e. The molecule has 3 rings (SSSR count). The Morgan fingerprint density at radius 2 is 1.57 bits per heavy atom. The molecule has 3 aromatic rings. The molecule has 0 fully saturated rings. The lowest BCUT2D eigenvalue weighted by Crippen LogP contribution is -2.31. The minimum absolute atomic E-state index is 0.0522. The first-order valence-electron chi connectivity index (χ1n) is 8.38. The fourth-order valence-electron chi connectivity index (χ4n) is 2.64. The van der Waals surface area contributed by atoms with Crippen LogP contribution in [0.1, 0.15) is 11.0 Å². The van der Waals surface area contributed by atoms with Gasteiger partial charge in [-0.2, -0.15) is 0 Å². The normalized spacial score (nSPS) is 13.1. The Balaban J connectivity index is 1.89. The summed E-state index contributed by atoms with van der Waals surface area (Å²) < 4.78 is 58.8. The topological polar surface area (TPSA) is 137 Å². The molecule has 0 spiro atoms. The molecule has 1 atom stereocenters. The quantitative estimate of drug-likeness (QED) is 0.393. The van der Waals surface area contributed by atoms with Gasteiger partial charge in [0.05, 0.1) is 21.0 Å². The van der Waals surface area contributed by atoms with Gasteiger partial charge in [0.2, 0.25) is 10.0 Å². The van der Waals surface area contributed by atoms with E-state index in [9.17, 15) is 26.9 Å². The van der Waals surface area contributed by atoms with Crippen LogP contribution < -0.4 is 4.72 Å². The number of hydrogen-bond donors (Lipinski definition) is 1. The van der Waals surface area contributed by atoms with Crippen molar-refractivity contribution < 1.29 is 26.2 Å². The van der Waals surface area contributed by atoms with E-state index in [0.717, 1.165) is 24.3 Å². The summed E-state index contributed by atoms with van der Waals surface area (Å²) in [5.74, 6) is 0.0522. The van der Waals surface area contributed by atoms with E-state index < -0.39 is 36.6 Å². The maximum absolute atomic E-state index is 13.1. The Labute approximate surface area is 177 Å². The van der Waals surface area contributed by atoms with Crippen LogP contribution in [0.4, 0.5) is 5.69 Å². The zero-order chi connectivity index (χ0) is 21.9. The first kappa shape index (κ1) is 22.0. The van der Waals surface area contributed by atoms with Gasteiger partial charge in [0, 0.05) is 23.7 Å². The van der Waals surface area contributed by atoms with Gasteiger partial charge in [-0.05, 0) is 48.5 Å². The number of hydrogen-bond acceptors (Lipinski definition) is 7. The number of non-ortho nitro benzene ring substituents is 1. The molecule has 0 saturated heterocycles. The number of sulfone groups is 1. The highest BCUT2D eigenvalue weighted by molar-refractivity contribution is 7.92. The molecule has 0 aliphatic carbocycles. The van der Waals surface area contributed by atoms with Gasteiger partial charge in [0.1, 0.15) is 11.0 Å². The number of nitrogens with zero attached hydrogens (tertiary/aromatic N) is 1. The fourth-order valence-corrected chi connectivity index (χ4v) is 5.51. The van der Waals surface area contributed by atoms with E-state index in [2.05, 4.69) is 4.72 Å². The number of nitrogens with one attached hydrogen (secondary N) is 1. The van der Waals surface area contributed by atoms with E-state index in [1.54, 1.807) is 0 Å². The average molecular weight is 471 g/mol. The highest BCUT2D eigenvalue weighted by Crippen LogP contribution is 2.30. The molecule has 12 heteroatoms. The Hall–Kier alpha value is -2.73. The number of benzene rings is 2. The highest BCUT2D eigenvalue weighted by Gasteiger charge is 2.33. The molecule has 1 heterocycles. The first-order valence-corrected chi connectivity index (χ1v) is 11.8. The Morgan fingerprint density at radius 1 is 0.967 bits per heavy atom. The van der Waals surface area contributed by atoms with E-state index in [1.807, 2.05) is 0 Å². The van der Waals surface area contributed by atoms with Gasteiger partial charge < -0.3 is 4.42 Å². The fraction of sp³-hybridized carbons (Fsp3) is 0.111. The van der Waals surface area contributed by atoms with Crippen molar-refractivity contribution in [2.24, 2.45) is 0 Å². The van der Waals surface area contributed by atoms with Crippen LogP contribution in [0.25, 0.3) is 0 Å². The summed E-state index contributed by atoms with van der Waals surface area (Å²) in [5, 5.41) is 9.73. The maximum atomic E-state index is 13.1. The summed E-state index contributed by atoms with van der Waals surface area (Å²) in [6, 6.07) is 12.6. The lowest BCUT2D eigenvalue weighted by atomic mass is 10.3. The summed E-state index contributed by atoms with van der Waals surface area (Å²) in [6.45, 7) is -0.516. The number of furan rings is 1. The summed E-state index contributed by atoms with van der Waals surface area (Å²) in [6.07, 6.45) is 1.28. The van der Waals surface area contributed by atoms with Crippen LogP contribution in [-0.4, -0.2) is 28.3 Å². The lowest BCUT2D eigenvalue weighted by Gasteiger charge is -2.17. The second kappa shape index (κ2) is 8.56. The molecule has 0 unspecified atom stereocenters. The molecular formula is C18H15ClN2O7S2. The van der Waals surface area contributed by atoms with Crippen LogP contribution >= 0.6 is 11.6 Å². The molecule has 0 bridgehead atoms. The van der Waals surface area contributed by atoms with Gasteiger partial charge in [-0.1, -0.05) is 11.6 Å². The van der Waals surface area contributed by atoms with Gasteiger partial charge in [-0.25, -0.2) is 21.6 Å². The Morgan fingerprint density at radius 3 is 2.10 bits per heavy atom. The predicted molar refractivity (Wildman–Crippen MR) is 108 cm³/mol. The van der Waals surface area contributed by atoms with Gasteiger partial charge in [0.15, 0.2) is 9.84 Å². The minimum atomic E-state index is -4.14. The van der Waals surface area contributed by atoms with Crippen molar-refractivity contribution in [1.29, 1.82) is 0 Å². The van der Waals surface area contributed by atoms with E-state index in [1.165, 1.54) is 42.7 Å². The van der Waals surface area contributed by atoms with Crippen LogP contribution in [0.2, 0.25) is 5.02 Å². The summed E-state index contributed by atoms with van der Waals surface area (Å²) in [4.78, 5) is 9.78. The number of rotatable bonds is 8. The number of sulfonamides is 1. The third-order valence-electron chi connectivity index (χ3n) is 4.19. The summed E-state index contributed by atoms with van der Waals surface area (Å²) >= 11 is 5.81. The summed E-state index contributed by atoms with van der Waals surface area (Å²) in [5.41, 5.74) is -0.271. The van der Waals surface area contributed by atoms with Crippen LogP contribution in [0.3, 0.4) is 0 Å². The van der Waals surface area contributed by atoms with Crippen molar-refractivity contribution in [3.8, 4) is 0 Å². The van der Waals surface area contributed by atoms with E-state index in [4.69, 9.17) is 16.0 Å². The standard InChI is InChI=1S/C18H15ClN2O7S2/c19-13-3-7-15(8-4-13)29(24,25)18(17-2-1-11-28-17)12-20-30(26,27)16-9-5-14(6-10-16)21(22)23/h1-11,18,20H,12H2/t18-/m1/s1. The van der Waals surface area contributed by atoms with Gasteiger partial charge in [-0.3, -0.25) is 10.1 Å². The van der Waals surface area contributed by atoms with Crippen molar-refractivity contribution in [3.05, 3.63) is 87.8 Å². The molecule has 1 N–H and O–H groups in total. The third kappa shape index (κ3) is 4.70. The molecule has 0 saturated carbocycles. The number of nitro benzene ring substituents is 1. The Kier molecular flexibility index (Phi) is 6.27. The van der Waals surface area contributed by atoms with E-state index in [0.29, 0.717) is 5.02 Å². The van der Waals surface area contributed by atoms with Crippen LogP contribution in [0, 0.1) is 10.1 Å². The smallest absolute Gasteiger partial charge is 0.269 e. The molecule has 0 radical (unpaired) electrons. The summed E-state index contributed by atoms with van der Waals surface area (Å²) in [7, 11) is -8.17. The van der Waals surface area contributed by atoms with E-state index in [-0.39, 0.29) is 21.2 Å². The predicted octanol–water partition coefficient (Wildman–Crippen LogP) is 3.33. The number of nitro groups is 1. The molecule has 30 heavy (non-hydrogen) atoms. The van der Waals surface area contributed by atoms with Crippen LogP contribution in [0.15, 0.2) is 81.1 Å². The molecule has 0 amide bonds. The lowest BCUT2D eigenvalue weighted by molar-refractivity contribution is -0.384. The van der Waals surface area contributed by atoms with Crippen LogP contribution in [0.5, 0.6) is 0 Å². The zero-order valence-electron chi connectivity index (χ0n) is 15.1. The SMILES string of the molecule is O=[N+]([O-])c1ccc(S(=O)(=O)NC[C@H](c2ccco2)S(=O)(=O)c2ccc(Cl)cc2)cc1. The maximum Gasteiger partial charge on any atom is 0.269 e. The highest BCUT2D eigenvalue weighted by atomic mass is 35.5. The second-order valence-electron chi connectivity index (χ2n) is 6.11. The van der Waals surface area contributed by atoms with Crippen molar-refractivity contribution in [2.45, 2.75) is 15.0 Å².